The Morgan fingerprint density at radius 1 is 1.24 bits per heavy atom. The molecule has 0 fully saturated rings. The minimum atomic E-state index is -2.83. The third-order valence-electron chi connectivity index (χ3n) is 5.64. The number of fused-ring (bicyclic) bond motifs is 2. The van der Waals surface area contributed by atoms with Crippen molar-refractivity contribution in [3.63, 3.8) is 0 Å². The second-order valence-electron chi connectivity index (χ2n) is 7.62. The van der Waals surface area contributed by atoms with Gasteiger partial charge in [-0.2, -0.15) is 13.9 Å². The molecule has 1 N–H and O–H groups in total. The molecule has 34 heavy (non-hydrogen) atoms. The molecule has 0 saturated heterocycles. The van der Waals surface area contributed by atoms with E-state index in [0.29, 0.717) is 28.1 Å². The van der Waals surface area contributed by atoms with Gasteiger partial charge in [-0.05, 0) is 18.2 Å². The molecule has 1 aromatic carbocycles. The number of nitrogens with one attached hydrogen (secondary N) is 1. The predicted molar refractivity (Wildman–Crippen MR) is 108 cm³/mol. The Hall–Kier alpha value is -4.42. The molecule has 0 unspecified atom stereocenters. The molecule has 5 heterocycles. The van der Waals surface area contributed by atoms with Crippen molar-refractivity contribution in [1.29, 1.82) is 0 Å². The zero-order valence-electron chi connectivity index (χ0n) is 17.2. The van der Waals surface area contributed by atoms with E-state index < -0.39 is 24.3 Å². The molecule has 0 spiro atoms. The molecule has 1 atom stereocenters. The van der Waals surface area contributed by atoms with Crippen LogP contribution in [-0.4, -0.2) is 47.3 Å². The van der Waals surface area contributed by atoms with Crippen molar-refractivity contribution in [2.45, 2.75) is 19.0 Å². The number of hydrogen-bond acceptors (Lipinski definition) is 7. The van der Waals surface area contributed by atoms with Gasteiger partial charge in [0.25, 0.3) is 5.89 Å². The lowest BCUT2D eigenvalue weighted by Crippen LogP contribution is -2.40. The van der Waals surface area contributed by atoms with Gasteiger partial charge in [0.1, 0.15) is 23.2 Å². The number of alkyl halides is 2. The van der Waals surface area contributed by atoms with Crippen molar-refractivity contribution in [2.24, 2.45) is 0 Å². The van der Waals surface area contributed by atoms with E-state index in [9.17, 15) is 18.0 Å². The fourth-order valence-corrected chi connectivity index (χ4v) is 4.07. The van der Waals surface area contributed by atoms with Crippen LogP contribution in [-0.2, 0) is 6.42 Å². The third-order valence-corrected chi connectivity index (χ3v) is 5.64. The first-order valence-corrected chi connectivity index (χ1v) is 10.2. The van der Waals surface area contributed by atoms with Crippen LogP contribution in [0.15, 0.2) is 51.8 Å². The molecule has 172 valence electrons. The largest absolute Gasteiger partial charge is 0.458 e. The summed E-state index contributed by atoms with van der Waals surface area (Å²) < 4.78 is 51.7. The normalized spacial score (nSPS) is 15.9. The van der Waals surface area contributed by atoms with E-state index in [0.717, 1.165) is 18.1 Å². The number of benzene rings is 1. The van der Waals surface area contributed by atoms with E-state index in [4.69, 9.17) is 8.83 Å². The molecule has 6 rings (SSSR count). The standard InChI is InChI=1S/C21H14F3N7O3/c22-12-2-1-3-14-11(12)6-15(33-14)17-16-13(25-9-26-16)4-5-30(17)20(32)19-29-28-18(34-19)10-7-27-31(8-10)21(23)24/h1-3,6-9,17,21H,4-5H2,(H,25,26)/t17-/m1/s1. The Balaban J connectivity index is 1.37. The number of halogens is 3. The molecule has 0 radical (unpaired) electrons. The summed E-state index contributed by atoms with van der Waals surface area (Å²) >= 11 is 0. The molecule has 4 aromatic heterocycles. The Morgan fingerprint density at radius 3 is 2.91 bits per heavy atom. The second kappa shape index (κ2) is 7.57. The minimum absolute atomic E-state index is 0.130. The number of imidazole rings is 1. The van der Waals surface area contributed by atoms with Crippen LogP contribution in [0, 0.1) is 5.82 Å². The first-order chi connectivity index (χ1) is 16.5. The SMILES string of the molecule is O=C(c1nnc(-c2cnn(C(F)F)c2)o1)N1CCc2[nH]cnc2[C@H]1c1cc2c(F)cccc2o1. The Bertz CT molecular complexity index is 1520. The number of furan rings is 1. The van der Waals surface area contributed by atoms with Gasteiger partial charge in [0, 0.05) is 24.9 Å². The number of carbonyl (C=O) groups excluding carboxylic acids is 1. The number of hydrogen-bond donors (Lipinski definition) is 1. The number of rotatable bonds is 4. The number of aromatic nitrogens is 6. The van der Waals surface area contributed by atoms with Crippen molar-refractivity contribution in [2.75, 3.05) is 6.54 Å². The van der Waals surface area contributed by atoms with Crippen LogP contribution in [0.25, 0.3) is 22.4 Å². The quantitative estimate of drug-likeness (QED) is 0.426. The molecule has 0 saturated carbocycles. The van der Waals surface area contributed by atoms with E-state index in [1.807, 2.05) is 0 Å². The molecule has 5 aromatic rings. The van der Waals surface area contributed by atoms with Crippen LogP contribution in [0.5, 0.6) is 0 Å². The number of nitrogens with zero attached hydrogens (tertiary/aromatic N) is 6. The second-order valence-corrected chi connectivity index (χ2v) is 7.62. The van der Waals surface area contributed by atoms with Crippen LogP contribution in [0.4, 0.5) is 13.2 Å². The fourth-order valence-electron chi connectivity index (χ4n) is 4.07. The van der Waals surface area contributed by atoms with Crippen molar-refractivity contribution in [3.05, 3.63) is 71.8 Å². The molecule has 1 amide bonds. The Morgan fingerprint density at radius 2 is 2.12 bits per heavy atom. The van der Waals surface area contributed by atoms with Gasteiger partial charge in [-0.3, -0.25) is 4.79 Å². The molecule has 0 bridgehead atoms. The smallest absolute Gasteiger partial charge is 0.333 e. The van der Waals surface area contributed by atoms with Crippen LogP contribution < -0.4 is 0 Å². The molecular weight excluding hydrogens is 455 g/mol. The van der Waals surface area contributed by atoms with E-state index in [2.05, 4.69) is 25.3 Å². The van der Waals surface area contributed by atoms with E-state index in [1.165, 1.54) is 29.4 Å². The lowest BCUT2D eigenvalue weighted by molar-refractivity contribution is 0.0566. The first kappa shape index (κ1) is 20.2. The van der Waals surface area contributed by atoms with Gasteiger partial charge in [-0.1, -0.05) is 6.07 Å². The maximum atomic E-state index is 14.3. The van der Waals surface area contributed by atoms with Crippen molar-refractivity contribution in [1.82, 2.24) is 34.8 Å². The monoisotopic (exact) mass is 469 g/mol. The summed E-state index contributed by atoms with van der Waals surface area (Å²) in [5.41, 5.74) is 1.85. The summed E-state index contributed by atoms with van der Waals surface area (Å²) in [7, 11) is 0. The first-order valence-electron chi connectivity index (χ1n) is 10.2. The van der Waals surface area contributed by atoms with Gasteiger partial charge in [0.2, 0.25) is 0 Å². The fraction of sp³-hybridized carbons (Fsp3) is 0.190. The average Bonchev–Trinajstić information content (AvgIpc) is 3.62. The van der Waals surface area contributed by atoms with Crippen molar-refractivity contribution < 1.29 is 26.8 Å². The topological polar surface area (TPSA) is 119 Å². The highest BCUT2D eigenvalue weighted by molar-refractivity contribution is 5.90. The number of H-pyrrole nitrogens is 1. The van der Waals surface area contributed by atoms with Crippen LogP contribution in [0.1, 0.15) is 40.4 Å². The van der Waals surface area contributed by atoms with E-state index in [1.54, 1.807) is 6.07 Å². The van der Waals surface area contributed by atoms with Gasteiger partial charge < -0.3 is 18.7 Å². The lowest BCUT2D eigenvalue weighted by atomic mass is 10.00. The van der Waals surface area contributed by atoms with Gasteiger partial charge in [-0.15, -0.1) is 10.2 Å². The lowest BCUT2D eigenvalue weighted by Gasteiger charge is -2.32. The molecule has 1 aliphatic heterocycles. The van der Waals surface area contributed by atoms with Crippen LogP contribution >= 0.6 is 0 Å². The summed E-state index contributed by atoms with van der Waals surface area (Å²) in [4.78, 5) is 22.2. The van der Waals surface area contributed by atoms with Crippen LogP contribution in [0.2, 0.25) is 0 Å². The zero-order valence-corrected chi connectivity index (χ0v) is 17.2. The third kappa shape index (κ3) is 3.16. The maximum absolute atomic E-state index is 14.3. The summed E-state index contributed by atoms with van der Waals surface area (Å²) in [6.07, 6.45) is 4.17. The van der Waals surface area contributed by atoms with E-state index in [-0.39, 0.29) is 29.3 Å². The highest BCUT2D eigenvalue weighted by Gasteiger charge is 2.38. The Labute approximate surface area is 188 Å². The molecular formula is C21H14F3N7O3. The highest BCUT2D eigenvalue weighted by Crippen LogP contribution is 2.37. The number of aromatic amines is 1. The minimum Gasteiger partial charge on any atom is -0.458 e. The summed E-state index contributed by atoms with van der Waals surface area (Å²) in [5, 5.41) is 11.4. The number of carbonyl (C=O) groups is 1. The average molecular weight is 469 g/mol. The highest BCUT2D eigenvalue weighted by atomic mass is 19.3. The van der Waals surface area contributed by atoms with Crippen LogP contribution in [0.3, 0.4) is 0 Å². The molecule has 0 aliphatic carbocycles. The van der Waals surface area contributed by atoms with Gasteiger partial charge in [0.15, 0.2) is 0 Å². The Kier molecular flexibility index (Phi) is 4.50. The van der Waals surface area contributed by atoms with Crippen molar-refractivity contribution >= 4 is 16.9 Å². The summed E-state index contributed by atoms with van der Waals surface area (Å²) in [6.45, 7) is -2.57. The maximum Gasteiger partial charge on any atom is 0.333 e. The van der Waals surface area contributed by atoms with Gasteiger partial charge in [-0.25, -0.2) is 14.1 Å². The summed E-state index contributed by atoms with van der Waals surface area (Å²) in [5.74, 6) is -1.21. The van der Waals surface area contributed by atoms with E-state index >= 15 is 0 Å². The number of amides is 1. The molecule has 10 nitrogen and oxygen atoms in total. The van der Waals surface area contributed by atoms with Crippen molar-refractivity contribution in [3.8, 4) is 11.5 Å². The zero-order chi connectivity index (χ0) is 23.4. The van der Waals surface area contributed by atoms with Gasteiger partial charge in [0.05, 0.1) is 29.2 Å². The predicted octanol–water partition coefficient (Wildman–Crippen LogP) is 3.72. The van der Waals surface area contributed by atoms with Gasteiger partial charge >= 0.3 is 18.3 Å². The molecule has 1 aliphatic rings. The summed E-state index contributed by atoms with van der Waals surface area (Å²) in [6, 6.07) is 5.25. The molecule has 13 heteroatoms.